The van der Waals surface area contributed by atoms with Gasteiger partial charge in [0.15, 0.2) is 0 Å². The molecule has 0 saturated carbocycles. The molecule has 1 atom stereocenters. The van der Waals surface area contributed by atoms with Gasteiger partial charge in [0.25, 0.3) is 5.91 Å². The van der Waals surface area contributed by atoms with Crippen molar-refractivity contribution >= 4 is 66.5 Å². The van der Waals surface area contributed by atoms with Crippen LogP contribution in [-0.2, 0) is 40.3 Å². The summed E-state index contributed by atoms with van der Waals surface area (Å²) >= 11 is 4.19. The molecule has 0 aromatic heterocycles. The van der Waals surface area contributed by atoms with Crippen molar-refractivity contribution in [3.63, 3.8) is 0 Å². The lowest BCUT2D eigenvalue weighted by molar-refractivity contribution is -0.123. The minimum atomic E-state index is -0.491. The van der Waals surface area contributed by atoms with E-state index in [4.69, 9.17) is 9.47 Å². The van der Waals surface area contributed by atoms with Gasteiger partial charge in [-0.1, -0.05) is 81.3 Å². The van der Waals surface area contributed by atoms with Crippen LogP contribution in [0.1, 0.15) is 121 Å². The zero-order valence-electron chi connectivity index (χ0n) is 47.0. The lowest BCUT2D eigenvalue weighted by Gasteiger charge is -2.40. The maximum absolute atomic E-state index is 14.1. The smallest absolute Gasteiger partial charge is 0.259 e. The fourth-order valence-corrected chi connectivity index (χ4v) is 9.09. The molecule has 14 heteroatoms. The molecule has 1 unspecified atom stereocenters. The molecule has 6 rings (SSSR count). The Morgan fingerprint density at radius 3 is 2.25 bits per heavy atom. The average molecular weight is 1040 g/mol. The number of hydrogen-bond acceptors (Lipinski definition) is 11. The monoisotopic (exact) mass is 1040 g/mol. The number of thiol groups is 1. The highest BCUT2D eigenvalue weighted by molar-refractivity contribution is 7.80. The van der Waals surface area contributed by atoms with Gasteiger partial charge in [-0.15, -0.1) is 0 Å². The van der Waals surface area contributed by atoms with Crippen molar-refractivity contribution in [3.8, 4) is 5.75 Å². The Balaban J connectivity index is 0.000000811. The summed E-state index contributed by atoms with van der Waals surface area (Å²) in [6.07, 6.45) is 9.67. The number of para-hydroxylation sites is 2. The normalized spacial score (nSPS) is 14.4. The van der Waals surface area contributed by atoms with Crippen LogP contribution >= 0.6 is 12.6 Å². The van der Waals surface area contributed by atoms with Gasteiger partial charge >= 0.3 is 0 Å². The number of nitrogens with zero attached hydrogens (tertiary/aromatic N) is 5. The summed E-state index contributed by atoms with van der Waals surface area (Å²) < 4.78 is 12.4. The maximum Gasteiger partial charge on any atom is 0.259 e. The summed E-state index contributed by atoms with van der Waals surface area (Å²) in [6, 6.07) is 28.1. The molecule has 4 aromatic carbocycles. The van der Waals surface area contributed by atoms with Gasteiger partial charge in [0, 0.05) is 93.4 Å². The minimum absolute atomic E-state index is 0.0109. The minimum Gasteiger partial charge on any atom is -0.495 e. The third-order valence-electron chi connectivity index (χ3n) is 13.4. The van der Waals surface area contributed by atoms with Gasteiger partial charge in [0.2, 0.25) is 12.3 Å². The van der Waals surface area contributed by atoms with E-state index in [0.717, 1.165) is 83.8 Å². The first-order valence-corrected chi connectivity index (χ1v) is 27.1. The highest BCUT2D eigenvalue weighted by Crippen LogP contribution is 2.35. The zero-order chi connectivity index (χ0) is 55.1. The van der Waals surface area contributed by atoms with Crippen molar-refractivity contribution in [1.29, 1.82) is 0 Å². The van der Waals surface area contributed by atoms with Crippen LogP contribution in [0.15, 0.2) is 118 Å². The predicted molar refractivity (Wildman–Crippen MR) is 318 cm³/mol. The first-order valence-electron chi connectivity index (χ1n) is 26.4. The first-order chi connectivity index (χ1) is 36.0. The van der Waals surface area contributed by atoms with Gasteiger partial charge in [-0.25, -0.2) is 0 Å². The second-order valence-electron chi connectivity index (χ2n) is 20.1. The molecule has 13 nitrogen and oxygen atoms in total. The summed E-state index contributed by atoms with van der Waals surface area (Å²) in [5, 5.41) is 10.2. The molecule has 2 aliphatic heterocycles. The lowest BCUT2D eigenvalue weighted by atomic mass is 9.99. The van der Waals surface area contributed by atoms with Crippen LogP contribution < -0.4 is 35.4 Å². The van der Waals surface area contributed by atoms with Crippen LogP contribution in [0.5, 0.6) is 5.75 Å². The Labute approximate surface area is 454 Å². The van der Waals surface area contributed by atoms with Gasteiger partial charge in [-0.3, -0.25) is 29.3 Å². The average Bonchev–Trinajstić information content (AvgIpc) is 4.01. The van der Waals surface area contributed by atoms with E-state index in [1.807, 2.05) is 93.4 Å². The Morgan fingerprint density at radius 1 is 0.920 bits per heavy atom. The molecule has 0 radical (unpaired) electrons. The highest BCUT2D eigenvalue weighted by Gasteiger charge is 2.34. The maximum atomic E-state index is 14.1. The van der Waals surface area contributed by atoms with E-state index < -0.39 is 11.1 Å². The SMILES string of the molecule is C=NC/C(C)=C\C(CCC)=C(/C)NCc1cc(CNc2ccc(C(=O)N3c4ccccc4CC3C=NC)cc2OC)cc(N(C)C(C)(C)COC(C)(C)CCC(=O)NCCS)c1.CC.O=CN1CCc2ccccc21. The molecular formula is C61H86N8O5S. The Hall–Kier alpha value is -6.38. The van der Waals surface area contributed by atoms with Crippen LogP contribution in [0.4, 0.5) is 22.7 Å². The van der Waals surface area contributed by atoms with Gasteiger partial charge in [-0.2, -0.15) is 12.6 Å². The van der Waals surface area contributed by atoms with E-state index in [1.165, 1.54) is 16.7 Å². The fraction of sp³-hybridized carbons (Fsp3) is 0.459. The molecule has 0 fully saturated rings. The number of anilines is 4. The summed E-state index contributed by atoms with van der Waals surface area (Å²) in [7, 11) is 5.47. The zero-order valence-corrected chi connectivity index (χ0v) is 47.9. The molecule has 4 aromatic rings. The number of carbonyl (C=O) groups excluding carboxylic acids is 3. The van der Waals surface area contributed by atoms with Crippen molar-refractivity contribution in [2.24, 2.45) is 9.98 Å². The van der Waals surface area contributed by atoms with Gasteiger partial charge in [-0.05, 0) is 138 Å². The van der Waals surface area contributed by atoms with Crippen LogP contribution in [0.2, 0.25) is 0 Å². The van der Waals surface area contributed by atoms with Crippen LogP contribution in [0.25, 0.3) is 0 Å². The van der Waals surface area contributed by atoms with Gasteiger partial charge in [0.05, 0.1) is 43.1 Å². The van der Waals surface area contributed by atoms with Crippen LogP contribution in [0.3, 0.4) is 0 Å². The fourth-order valence-electron chi connectivity index (χ4n) is 8.98. The molecule has 0 saturated heterocycles. The number of likely N-dealkylation sites (N-methyl/N-ethyl adjacent to an activating group) is 1. The number of ether oxygens (including phenoxy) is 2. The Bertz CT molecular complexity index is 2610. The number of aliphatic imine (C=N–C) groups is 2. The van der Waals surface area contributed by atoms with E-state index in [9.17, 15) is 14.4 Å². The molecular weight excluding hydrogens is 957 g/mol. The topological polar surface area (TPSA) is 140 Å². The molecule has 2 aliphatic rings. The van der Waals surface area contributed by atoms with Crippen molar-refractivity contribution in [3.05, 3.63) is 136 Å². The number of benzene rings is 4. The number of hydrogen-bond donors (Lipinski definition) is 4. The standard InChI is InChI=1S/C50H71N7O4S.C9H9NO.C2H6/c1-12-15-39(24-35(2)30-51-8)36(3)54-31-37-25-38(27-42(26-37)56(10)49(4,5)34-61-50(6,7)21-20-47(58)53-22-23-62)32-55-44-19-18-41(29-46(44)60-11)48(59)57-43(33-52-9)28-40-16-13-14-17-45(40)57;11-7-10-6-5-8-3-1-2-4-9(8)10;1-2/h13-14,16-19,24-27,29,33,43,54-55,62H,8,12,15,20-23,28,30-32,34H2,1-7,9-11H3,(H,53,58);1-4,7H,5-6H2;1-2H3/b35-24-,39-36+,52-33?;;. The molecule has 3 N–H and O–H groups in total. The number of allylic oxidation sites excluding steroid dienone is 3. The van der Waals surface area contributed by atoms with Crippen molar-refractivity contribution in [2.75, 3.05) is 73.2 Å². The van der Waals surface area contributed by atoms with E-state index in [1.54, 1.807) is 19.1 Å². The van der Waals surface area contributed by atoms with Crippen LogP contribution in [-0.4, -0.2) is 102 Å². The second kappa shape index (κ2) is 30.2. The van der Waals surface area contributed by atoms with Crippen LogP contribution in [0, 0.1) is 0 Å². The van der Waals surface area contributed by atoms with E-state index in [-0.39, 0.29) is 17.9 Å². The van der Waals surface area contributed by atoms with E-state index in [2.05, 4.69) is 128 Å². The van der Waals surface area contributed by atoms with Crippen molar-refractivity contribution in [2.45, 2.75) is 131 Å². The summed E-state index contributed by atoms with van der Waals surface area (Å²) in [5.41, 5.74) is 11.7. The number of fused-ring (bicyclic) bond motifs is 2. The molecule has 0 aliphatic carbocycles. The molecule has 2 heterocycles. The summed E-state index contributed by atoms with van der Waals surface area (Å²) in [6.45, 7) is 26.1. The first kappa shape index (κ1) is 61.2. The third kappa shape index (κ3) is 17.9. The van der Waals surface area contributed by atoms with Crippen molar-refractivity contribution < 1.29 is 23.9 Å². The summed E-state index contributed by atoms with van der Waals surface area (Å²) in [4.78, 5) is 51.1. The number of nitrogens with one attached hydrogen (secondary N) is 3. The van der Waals surface area contributed by atoms with E-state index in [0.29, 0.717) is 62.7 Å². The summed E-state index contributed by atoms with van der Waals surface area (Å²) in [5.74, 6) is 1.10. The number of carbonyl (C=O) groups is 3. The molecule has 0 spiro atoms. The van der Waals surface area contributed by atoms with Crippen molar-refractivity contribution in [1.82, 2.24) is 10.6 Å². The lowest BCUT2D eigenvalue weighted by Crippen LogP contribution is -2.47. The molecule has 3 amide bonds. The Morgan fingerprint density at radius 2 is 1.60 bits per heavy atom. The second-order valence-corrected chi connectivity index (χ2v) is 20.5. The largest absolute Gasteiger partial charge is 0.495 e. The van der Waals surface area contributed by atoms with Gasteiger partial charge < -0.3 is 35.2 Å². The Kier molecular flexibility index (Phi) is 24.7. The quantitative estimate of drug-likeness (QED) is 0.0223. The molecule has 75 heavy (non-hydrogen) atoms. The van der Waals surface area contributed by atoms with Gasteiger partial charge in [0.1, 0.15) is 5.75 Å². The third-order valence-corrected chi connectivity index (χ3v) is 13.6. The number of rotatable bonds is 25. The number of amides is 3. The number of methoxy groups -OCH3 is 1. The predicted octanol–water partition coefficient (Wildman–Crippen LogP) is 11.5. The van der Waals surface area contributed by atoms with E-state index >= 15 is 0 Å². The molecule has 406 valence electrons. The molecule has 0 bridgehead atoms. The highest BCUT2D eigenvalue weighted by atomic mass is 32.1.